The minimum absolute atomic E-state index is 0.486. The van der Waals surface area contributed by atoms with Gasteiger partial charge < -0.3 is 18.3 Å². The summed E-state index contributed by atoms with van der Waals surface area (Å²) in [6, 6.07) is 1.65. The maximum Gasteiger partial charge on any atom is 0.317 e. The molecule has 0 rings (SSSR count). The second-order valence-corrected chi connectivity index (χ2v) is 15.3. The Balaban J connectivity index is 4.30. The standard InChI is InChI=1S/C16H32O6Si2/c1-19-11-7-13-23(3,4)21-15(17)9-10-16(18)22-24(5,6)14-8-12-20-2/h9-10H,7-8,11-14H2,1-6H3/b10-9-. The number of methoxy groups -OCH3 is 2. The van der Waals surface area contributed by atoms with Crippen LogP contribution in [0.2, 0.25) is 38.3 Å². The fraction of sp³-hybridized carbons (Fsp3) is 0.750. The molecule has 0 spiro atoms. The molecule has 0 aliphatic carbocycles. The van der Waals surface area contributed by atoms with Crippen molar-refractivity contribution >= 4 is 28.6 Å². The normalized spacial score (nSPS) is 12.4. The maximum absolute atomic E-state index is 11.9. The Morgan fingerprint density at radius 3 is 1.38 bits per heavy atom. The minimum Gasteiger partial charge on any atom is -0.517 e. The van der Waals surface area contributed by atoms with Crippen LogP contribution in [0.1, 0.15) is 12.8 Å². The second-order valence-electron chi connectivity index (χ2n) is 6.89. The Hall–Kier alpha value is -0.966. The van der Waals surface area contributed by atoms with Crippen LogP contribution in [-0.4, -0.2) is 56.0 Å². The summed E-state index contributed by atoms with van der Waals surface area (Å²) in [7, 11) is -0.869. The molecule has 0 fully saturated rings. The summed E-state index contributed by atoms with van der Waals surface area (Å²) in [5.74, 6) is -0.972. The molecule has 0 aromatic rings. The van der Waals surface area contributed by atoms with Gasteiger partial charge in [0.15, 0.2) is 0 Å². The van der Waals surface area contributed by atoms with Gasteiger partial charge in [-0.25, -0.2) is 9.59 Å². The van der Waals surface area contributed by atoms with Crippen molar-refractivity contribution in [2.24, 2.45) is 0 Å². The quantitative estimate of drug-likeness (QED) is 0.296. The summed E-state index contributed by atoms with van der Waals surface area (Å²) in [6.45, 7) is 9.19. The van der Waals surface area contributed by atoms with Gasteiger partial charge in [0.1, 0.15) is 0 Å². The largest absolute Gasteiger partial charge is 0.517 e. The van der Waals surface area contributed by atoms with E-state index < -0.39 is 28.6 Å². The highest BCUT2D eigenvalue weighted by Crippen LogP contribution is 2.15. The average molecular weight is 377 g/mol. The zero-order valence-electron chi connectivity index (χ0n) is 15.8. The third-order valence-electron chi connectivity index (χ3n) is 3.36. The van der Waals surface area contributed by atoms with E-state index in [1.54, 1.807) is 14.2 Å². The third-order valence-corrected chi connectivity index (χ3v) is 7.99. The highest BCUT2D eigenvalue weighted by atomic mass is 28.4. The molecule has 0 saturated heterocycles. The van der Waals surface area contributed by atoms with E-state index in [1.807, 2.05) is 26.2 Å². The molecule has 24 heavy (non-hydrogen) atoms. The maximum atomic E-state index is 11.9. The Bertz CT molecular complexity index is 383. The van der Waals surface area contributed by atoms with Crippen LogP contribution in [0.25, 0.3) is 0 Å². The number of carbonyl (C=O) groups is 2. The lowest BCUT2D eigenvalue weighted by molar-refractivity contribution is -0.132. The Morgan fingerprint density at radius 1 is 0.750 bits per heavy atom. The lowest BCUT2D eigenvalue weighted by atomic mass is 10.5. The highest BCUT2D eigenvalue weighted by Gasteiger charge is 2.27. The predicted octanol–water partition coefficient (Wildman–Crippen LogP) is 3.11. The van der Waals surface area contributed by atoms with Crippen LogP contribution in [0.3, 0.4) is 0 Å². The fourth-order valence-electron chi connectivity index (χ4n) is 2.14. The summed E-state index contributed by atoms with van der Waals surface area (Å²) in [4.78, 5) is 23.7. The van der Waals surface area contributed by atoms with Gasteiger partial charge in [-0.15, -0.1) is 0 Å². The molecule has 6 nitrogen and oxygen atoms in total. The van der Waals surface area contributed by atoms with E-state index >= 15 is 0 Å². The molecular formula is C16H32O6Si2. The van der Waals surface area contributed by atoms with Crippen molar-refractivity contribution in [3.8, 4) is 0 Å². The van der Waals surface area contributed by atoms with E-state index in [9.17, 15) is 9.59 Å². The van der Waals surface area contributed by atoms with Crippen LogP contribution in [0.4, 0.5) is 0 Å². The first-order valence-electron chi connectivity index (χ1n) is 8.24. The monoisotopic (exact) mass is 376 g/mol. The highest BCUT2D eigenvalue weighted by molar-refractivity contribution is 6.73. The van der Waals surface area contributed by atoms with E-state index in [0.717, 1.165) is 37.1 Å². The molecule has 0 aromatic carbocycles. The molecule has 8 heteroatoms. The van der Waals surface area contributed by atoms with E-state index in [2.05, 4.69) is 0 Å². The molecule has 0 heterocycles. The summed E-state index contributed by atoms with van der Waals surface area (Å²) in [5.41, 5.74) is 0. The lowest BCUT2D eigenvalue weighted by Crippen LogP contribution is -2.34. The molecule has 0 N–H and O–H groups in total. The summed E-state index contributed by atoms with van der Waals surface area (Å²) in [5, 5.41) is 0. The van der Waals surface area contributed by atoms with Crippen LogP contribution < -0.4 is 0 Å². The molecule has 0 bridgehead atoms. The van der Waals surface area contributed by atoms with Gasteiger partial charge in [0, 0.05) is 39.6 Å². The van der Waals surface area contributed by atoms with Gasteiger partial charge in [0.25, 0.3) is 0 Å². The molecule has 0 aliphatic heterocycles. The minimum atomic E-state index is -2.08. The molecule has 140 valence electrons. The van der Waals surface area contributed by atoms with Gasteiger partial charge in [-0.05, 0) is 51.1 Å². The van der Waals surface area contributed by atoms with Crippen molar-refractivity contribution in [1.82, 2.24) is 0 Å². The van der Waals surface area contributed by atoms with Crippen LogP contribution in [0.5, 0.6) is 0 Å². The number of hydrogen-bond acceptors (Lipinski definition) is 6. The van der Waals surface area contributed by atoms with Crippen molar-refractivity contribution in [2.75, 3.05) is 27.4 Å². The molecule has 0 unspecified atom stereocenters. The molecule has 0 amide bonds. The second kappa shape index (κ2) is 11.6. The molecule has 0 saturated carbocycles. The van der Waals surface area contributed by atoms with E-state index in [-0.39, 0.29) is 0 Å². The summed E-state index contributed by atoms with van der Waals surface area (Å²) < 4.78 is 21.0. The van der Waals surface area contributed by atoms with Gasteiger partial charge >= 0.3 is 11.9 Å². The fourth-order valence-corrected chi connectivity index (χ4v) is 5.56. The lowest BCUT2D eigenvalue weighted by Gasteiger charge is -2.22. The van der Waals surface area contributed by atoms with Crippen molar-refractivity contribution in [3.63, 3.8) is 0 Å². The van der Waals surface area contributed by atoms with Gasteiger partial charge in [-0.3, -0.25) is 0 Å². The molecule has 0 aliphatic rings. The first-order valence-corrected chi connectivity index (χ1v) is 14.5. The zero-order chi connectivity index (χ0) is 18.6. The van der Waals surface area contributed by atoms with Crippen LogP contribution >= 0.6 is 0 Å². The topological polar surface area (TPSA) is 71.1 Å². The predicted molar refractivity (Wildman–Crippen MR) is 98.9 cm³/mol. The van der Waals surface area contributed by atoms with E-state index in [1.165, 1.54) is 0 Å². The number of rotatable bonds is 12. The van der Waals surface area contributed by atoms with Crippen molar-refractivity contribution in [1.29, 1.82) is 0 Å². The Kier molecular flexibility index (Phi) is 11.1. The number of carbonyl (C=O) groups excluding carboxylic acids is 2. The van der Waals surface area contributed by atoms with Gasteiger partial charge in [-0.2, -0.15) is 0 Å². The van der Waals surface area contributed by atoms with Gasteiger partial charge in [-0.1, -0.05) is 0 Å². The van der Waals surface area contributed by atoms with E-state index in [0.29, 0.717) is 13.2 Å². The van der Waals surface area contributed by atoms with Crippen LogP contribution in [0, 0.1) is 0 Å². The Labute approximate surface area is 147 Å². The Morgan fingerprint density at radius 2 is 1.08 bits per heavy atom. The average Bonchev–Trinajstić information content (AvgIpc) is 2.44. The molecule has 0 radical (unpaired) electrons. The van der Waals surface area contributed by atoms with Gasteiger partial charge in [0.05, 0.1) is 0 Å². The first-order chi connectivity index (χ1) is 11.1. The summed E-state index contributed by atoms with van der Waals surface area (Å²) in [6.07, 6.45) is 4.03. The molecule has 0 atom stereocenters. The number of hydrogen-bond donors (Lipinski definition) is 0. The SMILES string of the molecule is COCCC[Si](C)(C)OC(=O)/C=C\C(=O)O[Si](C)(C)CCCOC. The van der Waals surface area contributed by atoms with Crippen molar-refractivity contribution in [3.05, 3.63) is 12.2 Å². The van der Waals surface area contributed by atoms with Crippen molar-refractivity contribution in [2.45, 2.75) is 51.1 Å². The third kappa shape index (κ3) is 12.5. The molecular weight excluding hydrogens is 344 g/mol. The smallest absolute Gasteiger partial charge is 0.317 e. The van der Waals surface area contributed by atoms with Crippen molar-refractivity contribution < 1.29 is 27.9 Å². The van der Waals surface area contributed by atoms with Crippen LogP contribution in [-0.2, 0) is 27.9 Å². The van der Waals surface area contributed by atoms with E-state index in [4.69, 9.17) is 18.3 Å². The summed E-state index contributed by atoms with van der Waals surface area (Å²) >= 11 is 0. The zero-order valence-corrected chi connectivity index (χ0v) is 17.8. The van der Waals surface area contributed by atoms with Crippen LogP contribution in [0.15, 0.2) is 12.2 Å². The number of ether oxygens (including phenoxy) is 2. The van der Waals surface area contributed by atoms with Gasteiger partial charge in [0.2, 0.25) is 16.6 Å². The molecule has 0 aromatic heterocycles. The first kappa shape index (κ1) is 23.0.